The first-order valence-electron chi connectivity index (χ1n) is 5.96. The van der Waals surface area contributed by atoms with Gasteiger partial charge in [0.05, 0.1) is 6.10 Å². The molecular formula is C14H25NO. The first kappa shape index (κ1) is 13.3. The van der Waals surface area contributed by atoms with Gasteiger partial charge in [0, 0.05) is 31.8 Å². The van der Waals surface area contributed by atoms with Crippen LogP contribution in [0.5, 0.6) is 0 Å². The molecule has 0 spiro atoms. The molecule has 1 rings (SSSR count). The van der Waals surface area contributed by atoms with E-state index in [1.807, 2.05) is 6.08 Å². The highest BCUT2D eigenvalue weighted by Gasteiger charge is 2.35. The summed E-state index contributed by atoms with van der Waals surface area (Å²) in [6.45, 7) is 16.6. The minimum atomic E-state index is 0.330. The van der Waals surface area contributed by atoms with E-state index in [4.69, 9.17) is 4.74 Å². The Kier molecular flexibility index (Phi) is 4.20. The van der Waals surface area contributed by atoms with Gasteiger partial charge in [0.2, 0.25) is 0 Å². The van der Waals surface area contributed by atoms with Gasteiger partial charge in [-0.3, -0.25) is 0 Å². The molecule has 1 aliphatic heterocycles. The van der Waals surface area contributed by atoms with Gasteiger partial charge in [0.1, 0.15) is 0 Å². The van der Waals surface area contributed by atoms with Crippen molar-refractivity contribution in [2.45, 2.75) is 33.3 Å². The molecule has 0 aromatic rings. The molecule has 1 fully saturated rings. The molecule has 2 nitrogen and oxygen atoms in total. The summed E-state index contributed by atoms with van der Waals surface area (Å²) in [5, 5.41) is 0. The maximum absolute atomic E-state index is 5.58. The van der Waals surface area contributed by atoms with E-state index in [0.29, 0.717) is 17.4 Å². The van der Waals surface area contributed by atoms with Crippen LogP contribution in [0, 0.1) is 11.3 Å². The summed E-state index contributed by atoms with van der Waals surface area (Å²) in [6, 6.07) is 0. The number of nitrogens with zero attached hydrogens (tertiary/aromatic N) is 1. The fourth-order valence-corrected chi connectivity index (χ4v) is 2.45. The third-order valence-electron chi connectivity index (χ3n) is 3.20. The van der Waals surface area contributed by atoms with Crippen LogP contribution in [0.2, 0.25) is 0 Å². The van der Waals surface area contributed by atoms with E-state index < -0.39 is 0 Å². The van der Waals surface area contributed by atoms with Crippen LogP contribution in [0.1, 0.15) is 27.2 Å². The first-order valence-corrected chi connectivity index (χ1v) is 5.96. The number of rotatable bonds is 4. The summed E-state index contributed by atoms with van der Waals surface area (Å²) in [4.78, 5) is 2.28. The second-order valence-corrected chi connectivity index (χ2v) is 5.90. The molecule has 0 aromatic heterocycles. The molecule has 0 aromatic carbocycles. The summed E-state index contributed by atoms with van der Waals surface area (Å²) in [5.74, 6) is 0.599. The standard InChI is InChI=1S/C14H25NO/c1-7-11(2)15-9-12(8-14(3,4)5)13(10-15)16-6/h7,12-13H,1-2,8-10H2,3-6H3/t12-,13-/m0/s1. The van der Waals surface area contributed by atoms with Gasteiger partial charge in [-0.05, 0) is 17.9 Å². The highest BCUT2D eigenvalue weighted by molar-refractivity contribution is 5.12. The maximum atomic E-state index is 5.58. The quantitative estimate of drug-likeness (QED) is 0.679. The van der Waals surface area contributed by atoms with Crippen LogP contribution >= 0.6 is 0 Å². The third kappa shape index (κ3) is 3.38. The number of ether oxygens (including phenoxy) is 1. The van der Waals surface area contributed by atoms with E-state index in [-0.39, 0.29) is 0 Å². The summed E-state index contributed by atoms with van der Waals surface area (Å²) in [6.07, 6.45) is 3.34. The molecule has 0 unspecified atom stereocenters. The number of likely N-dealkylation sites (tertiary alicyclic amines) is 1. The average molecular weight is 223 g/mol. The Morgan fingerprint density at radius 1 is 1.44 bits per heavy atom. The summed E-state index contributed by atoms with van der Waals surface area (Å²) in [7, 11) is 1.81. The normalized spacial score (nSPS) is 25.9. The van der Waals surface area contributed by atoms with Gasteiger partial charge in [-0.15, -0.1) is 0 Å². The summed E-state index contributed by atoms with van der Waals surface area (Å²) < 4.78 is 5.58. The van der Waals surface area contributed by atoms with Crippen LogP contribution in [0.15, 0.2) is 24.9 Å². The predicted molar refractivity (Wildman–Crippen MR) is 69.3 cm³/mol. The van der Waals surface area contributed by atoms with Gasteiger partial charge in [0.15, 0.2) is 0 Å². The van der Waals surface area contributed by atoms with Crippen LogP contribution in [0.4, 0.5) is 0 Å². The monoisotopic (exact) mass is 223 g/mol. The van der Waals surface area contributed by atoms with Crippen molar-refractivity contribution in [3.05, 3.63) is 24.9 Å². The second-order valence-electron chi connectivity index (χ2n) is 5.90. The zero-order valence-corrected chi connectivity index (χ0v) is 11.1. The van der Waals surface area contributed by atoms with Crippen molar-refractivity contribution in [2.24, 2.45) is 11.3 Å². The molecule has 0 bridgehead atoms. The zero-order chi connectivity index (χ0) is 12.3. The van der Waals surface area contributed by atoms with Crippen LogP contribution < -0.4 is 0 Å². The van der Waals surface area contributed by atoms with Crippen LogP contribution in [0.3, 0.4) is 0 Å². The number of methoxy groups -OCH3 is 1. The van der Waals surface area contributed by atoms with E-state index in [2.05, 4.69) is 38.8 Å². The highest BCUT2D eigenvalue weighted by Crippen LogP contribution is 2.33. The largest absolute Gasteiger partial charge is 0.379 e. The van der Waals surface area contributed by atoms with E-state index in [1.165, 1.54) is 6.42 Å². The zero-order valence-electron chi connectivity index (χ0n) is 11.1. The van der Waals surface area contributed by atoms with E-state index >= 15 is 0 Å². The molecule has 16 heavy (non-hydrogen) atoms. The molecule has 92 valence electrons. The minimum absolute atomic E-state index is 0.330. The van der Waals surface area contributed by atoms with Crippen molar-refractivity contribution < 1.29 is 4.74 Å². The summed E-state index contributed by atoms with van der Waals surface area (Å²) >= 11 is 0. The second kappa shape index (κ2) is 5.05. The topological polar surface area (TPSA) is 12.5 Å². The van der Waals surface area contributed by atoms with Gasteiger partial charge >= 0.3 is 0 Å². The Morgan fingerprint density at radius 3 is 2.50 bits per heavy atom. The lowest BCUT2D eigenvalue weighted by Crippen LogP contribution is -2.25. The van der Waals surface area contributed by atoms with Crippen molar-refractivity contribution in [1.29, 1.82) is 0 Å². The lowest BCUT2D eigenvalue weighted by molar-refractivity contribution is 0.0651. The van der Waals surface area contributed by atoms with Crippen LogP contribution in [0.25, 0.3) is 0 Å². The van der Waals surface area contributed by atoms with Crippen molar-refractivity contribution in [3.63, 3.8) is 0 Å². The van der Waals surface area contributed by atoms with E-state index in [0.717, 1.165) is 18.8 Å². The third-order valence-corrected chi connectivity index (χ3v) is 3.20. The van der Waals surface area contributed by atoms with E-state index in [9.17, 15) is 0 Å². The first-order chi connectivity index (χ1) is 7.37. The number of hydrogen-bond acceptors (Lipinski definition) is 2. The van der Waals surface area contributed by atoms with Crippen molar-refractivity contribution in [2.75, 3.05) is 20.2 Å². The van der Waals surface area contributed by atoms with Gasteiger partial charge in [0.25, 0.3) is 0 Å². The fraction of sp³-hybridized carbons (Fsp3) is 0.714. The number of allylic oxidation sites excluding steroid dienone is 1. The molecule has 0 amide bonds. The van der Waals surface area contributed by atoms with Crippen LogP contribution in [-0.2, 0) is 4.74 Å². The van der Waals surface area contributed by atoms with Gasteiger partial charge in [-0.25, -0.2) is 0 Å². The van der Waals surface area contributed by atoms with Gasteiger partial charge in [-0.1, -0.05) is 33.9 Å². The fourth-order valence-electron chi connectivity index (χ4n) is 2.45. The Bertz CT molecular complexity index is 264. The molecule has 2 atom stereocenters. The summed E-state index contributed by atoms with van der Waals surface area (Å²) in [5.41, 5.74) is 1.37. The molecular weight excluding hydrogens is 198 g/mol. The van der Waals surface area contributed by atoms with Crippen LogP contribution in [-0.4, -0.2) is 31.2 Å². The molecule has 1 aliphatic rings. The Hall–Kier alpha value is -0.760. The Balaban J connectivity index is 2.64. The lowest BCUT2D eigenvalue weighted by atomic mass is 9.83. The van der Waals surface area contributed by atoms with Gasteiger partial charge < -0.3 is 9.64 Å². The molecule has 0 saturated carbocycles. The smallest absolute Gasteiger partial charge is 0.0791 e. The van der Waals surface area contributed by atoms with Crippen molar-refractivity contribution in [1.82, 2.24) is 4.90 Å². The van der Waals surface area contributed by atoms with E-state index in [1.54, 1.807) is 7.11 Å². The average Bonchev–Trinajstić information content (AvgIpc) is 2.57. The Morgan fingerprint density at radius 2 is 2.06 bits per heavy atom. The van der Waals surface area contributed by atoms with Crippen molar-refractivity contribution in [3.8, 4) is 0 Å². The van der Waals surface area contributed by atoms with Gasteiger partial charge in [-0.2, -0.15) is 0 Å². The molecule has 1 heterocycles. The van der Waals surface area contributed by atoms with Crippen molar-refractivity contribution >= 4 is 0 Å². The molecule has 0 radical (unpaired) electrons. The lowest BCUT2D eigenvalue weighted by Gasteiger charge is -2.25. The molecule has 1 saturated heterocycles. The molecule has 0 aliphatic carbocycles. The highest BCUT2D eigenvalue weighted by atomic mass is 16.5. The minimum Gasteiger partial charge on any atom is -0.379 e. The molecule has 2 heteroatoms. The number of hydrogen-bond donors (Lipinski definition) is 0. The Labute approximate surface area is 100.0 Å². The molecule has 0 N–H and O–H groups in total. The SMILES string of the molecule is C=CC(=C)N1C[C@H](CC(C)(C)C)[C@@H](OC)C1. The predicted octanol–water partition coefficient (Wildman–Crippen LogP) is 3.07. The maximum Gasteiger partial charge on any atom is 0.0791 e.